The lowest BCUT2D eigenvalue weighted by Gasteiger charge is -2.23. The molecule has 18 heavy (non-hydrogen) atoms. The Morgan fingerprint density at radius 2 is 2.06 bits per heavy atom. The van der Waals surface area contributed by atoms with E-state index in [4.69, 9.17) is 4.74 Å². The van der Waals surface area contributed by atoms with E-state index < -0.39 is 0 Å². The first-order valence-electron chi connectivity index (χ1n) is 7.29. The minimum absolute atomic E-state index is 0.393. The molecule has 2 rings (SSSR count). The minimum atomic E-state index is 0.393. The number of benzene rings is 1. The smallest absolute Gasteiger partial charge is 0.120 e. The highest BCUT2D eigenvalue weighted by Crippen LogP contribution is 2.25. The number of hydrogen-bond donors (Lipinski definition) is 1. The highest BCUT2D eigenvalue weighted by molar-refractivity contribution is 5.30. The van der Waals surface area contributed by atoms with Crippen molar-refractivity contribution < 1.29 is 4.74 Å². The van der Waals surface area contributed by atoms with Crippen LogP contribution in [0.25, 0.3) is 0 Å². The van der Waals surface area contributed by atoms with Crippen LogP contribution in [0.1, 0.15) is 57.6 Å². The average Bonchev–Trinajstić information content (AvgIpc) is 2.40. The van der Waals surface area contributed by atoms with Crippen molar-refractivity contribution in [3.05, 3.63) is 29.8 Å². The van der Waals surface area contributed by atoms with Crippen LogP contribution in [0.3, 0.4) is 0 Å². The van der Waals surface area contributed by atoms with Gasteiger partial charge in [-0.25, -0.2) is 0 Å². The molecule has 0 amide bonds. The van der Waals surface area contributed by atoms with Crippen molar-refractivity contribution in [2.75, 3.05) is 6.54 Å². The Morgan fingerprint density at radius 3 is 2.78 bits per heavy atom. The fourth-order valence-electron chi connectivity index (χ4n) is 2.66. The van der Waals surface area contributed by atoms with Gasteiger partial charge < -0.3 is 10.1 Å². The Bertz CT molecular complexity index is 358. The molecule has 0 heterocycles. The monoisotopic (exact) mass is 247 g/mol. The molecule has 1 aromatic carbocycles. The Balaban J connectivity index is 1.97. The summed E-state index contributed by atoms with van der Waals surface area (Å²) in [6.07, 6.45) is 6.87. The van der Waals surface area contributed by atoms with Gasteiger partial charge >= 0.3 is 0 Å². The van der Waals surface area contributed by atoms with Crippen LogP contribution in [0.5, 0.6) is 5.75 Å². The zero-order chi connectivity index (χ0) is 12.8. The topological polar surface area (TPSA) is 21.3 Å². The Hall–Kier alpha value is -1.02. The third-order valence-electron chi connectivity index (χ3n) is 3.72. The molecular weight excluding hydrogens is 222 g/mol. The lowest BCUT2D eigenvalue weighted by molar-refractivity contribution is 0.155. The largest absolute Gasteiger partial charge is 0.490 e. The van der Waals surface area contributed by atoms with Gasteiger partial charge in [0.15, 0.2) is 0 Å². The number of hydrogen-bond acceptors (Lipinski definition) is 2. The average molecular weight is 247 g/mol. The van der Waals surface area contributed by atoms with Gasteiger partial charge in [-0.15, -0.1) is 0 Å². The zero-order valence-corrected chi connectivity index (χ0v) is 11.6. The van der Waals surface area contributed by atoms with Gasteiger partial charge in [-0.3, -0.25) is 0 Å². The van der Waals surface area contributed by atoms with Gasteiger partial charge in [0, 0.05) is 6.04 Å². The predicted octanol–water partition coefficient (Wildman–Crippen LogP) is 4.07. The second-order valence-corrected chi connectivity index (χ2v) is 5.23. The maximum absolute atomic E-state index is 6.10. The van der Waals surface area contributed by atoms with E-state index in [0.717, 1.165) is 12.3 Å². The van der Waals surface area contributed by atoms with Gasteiger partial charge in [0.1, 0.15) is 5.75 Å². The highest BCUT2D eigenvalue weighted by Gasteiger charge is 2.15. The fraction of sp³-hybridized carbons (Fsp3) is 0.625. The summed E-state index contributed by atoms with van der Waals surface area (Å²) in [7, 11) is 0. The van der Waals surface area contributed by atoms with Crippen LogP contribution in [0.4, 0.5) is 0 Å². The molecule has 100 valence electrons. The lowest BCUT2D eigenvalue weighted by Crippen LogP contribution is -2.20. The van der Waals surface area contributed by atoms with Crippen LogP contribution >= 0.6 is 0 Å². The predicted molar refractivity (Wildman–Crippen MR) is 76.0 cm³/mol. The maximum atomic E-state index is 6.10. The minimum Gasteiger partial charge on any atom is -0.490 e. The van der Waals surface area contributed by atoms with Crippen LogP contribution in [0.2, 0.25) is 0 Å². The Kier molecular flexibility index (Phi) is 5.06. The van der Waals surface area contributed by atoms with Gasteiger partial charge in [0.25, 0.3) is 0 Å². The summed E-state index contributed by atoms with van der Waals surface area (Å²) in [6.45, 7) is 5.33. The van der Waals surface area contributed by atoms with Crippen LogP contribution in [-0.4, -0.2) is 12.6 Å². The van der Waals surface area contributed by atoms with E-state index >= 15 is 0 Å². The van der Waals surface area contributed by atoms with Crippen molar-refractivity contribution >= 4 is 0 Å². The zero-order valence-electron chi connectivity index (χ0n) is 11.6. The van der Waals surface area contributed by atoms with E-state index in [1.54, 1.807) is 0 Å². The van der Waals surface area contributed by atoms with Crippen molar-refractivity contribution in [2.45, 2.75) is 58.1 Å². The molecular formula is C16H25NO. The van der Waals surface area contributed by atoms with Crippen LogP contribution < -0.4 is 10.1 Å². The molecule has 1 saturated carbocycles. The number of ether oxygens (including phenoxy) is 1. The van der Waals surface area contributed by atoms with Crippen molar-refractivity contribution in [2.24, 2.45) is 0 Å². The molecule has 0 saturated heterocycles. The first kappa shape index (κ1) is 13.4. The van der Waals surface area contributed by atoms with E-state index in [1.807, 2.05) is 0 Å². The molecule has 1 fully saturated rings. The molecule has 1 unspecified atom stereocenters. The summed E-state index contributed by atoms with van der Waals surface area (Å²) < 4.78 is 6.10. The Labute approximate surface area is 111 Å². The van der Waals surface area contributed by atoms with Crippen LogP contribution in [0, 0.1) is 0 Å². The molecule has 0 aromatic heterocycles. The summed E-state index contributed by atoms with van der Waals surface area (Å²) in [5.41, 5.74) is 1.31. The summed E-state index contributed by atoms with van der Waals surface area (Å²) in [5.74, 6) is 1.03. The van der Waals surface area contributed by atoms with Crippen molar-refractivity contribution in [3.63, 3.8) is 0 Å². The third-order valence-corrected chi connectivity index (χ3v) is 3.72. The van der Waals surface area contributed by atoms with Gasteiger partial charge in [-0.1, -0.05) is 25.5 Å². The first-order valence-corrected chi connectivity index (χ1v) is 7.29. The Morgan fingerprint density at radius 1 is 1.28 bits per heavy atom. The lowest BCUT2D eigenvalue weighted by atomic mass is 9.98. The van der Waals surface area contributed by atoms with Gasteiger partial charge in [-0.05, 0) is 56.8 Å². The molecule has 1 N–H and O–H groups in total. The quantitative estimate of drug-likeness (QED) is 0.847. The molecule has 2 nitrogen and oxygen atoms in total. The van der Waals surface area contributed by atoms with Crippen LogP contribution in [0.15, 0.2) is 24.3 Å². The van der Waals surface area contributed by atoms with Crippen molar-refractivity contribution in [3.8, 4) is 5.75 Å². The summed E-state index contributed by atoms with van der Waals surface area (Å²) in [6, 6.07) is 8.92. The number of rotatable bonds is 5. The highest BCUT2D eigenvalue weighted by atomic mass is 16.5. The molecule has 0 bridgehead atoms. The SMILES string of the molecule is CCNC(C)c1cccc(OC2CCCCC2)c1. The fourth-order valence-corrected chi connectivity index (χ4v) is 2.66. The van der Waals surface area contributed by atoms with Gasteiger partial charge in [0.05, 0.1) is 6.10 Å². The van der Waals surface area contributed by atoms with E-state index in [0.29, 0.717) is 12.1 Å². The summed E-state index contributed by atoms with van der Waals surface area (Å²) >= 11 is 0. The molecule has 1 aliphatic carbocycles. The van der Waals surface area contributed by atoms with Crippen LogP contribution in [-0.2, 0) is 0 Å². The molecule has 0 aliphatic heterocycles. The molecule has 2 heteroatoms. The first-order chi connectivity index (χ1) is 8.79. The van der Waals surface area contributed by atoms with Crippen molar-refractivity contribution in [1.29, 1.82) is 0 Å². The molecule has 1 aromatic rings. The van der Waals surface area contributed by atoms with Crippen molar-refractivity contribution in [1.82, 2.24) is 5.32 Å². The summed E-state index contributed by atoms with van der Waals surface area (Å²) in [4.78, 5) is 0. The van der Waals surface area contributed by atoms with E-state index in [-0.39, 0.29) is 0 Å². The van der Waals surface area contributed by atoms with E-state index in [9.17, 15) is 0 Å². The molecule has 1 atom stereocenters. The second kappa shape index (κ2) is 6.79. The maximum Gasteiger partial charge on any atom is 0.120 e. The third kappa shape index (κ3) is 3.74. The number of nitrogens with one attached hydrogen (secondary N) is 1. The van der Waals surface area contributed by atoms with E-state index in [2.05, 4.69) is 43.4 Å². The van der Waals surface area contributed by atoms with Gasteiger partial charge in [0.2, 0.25) is 0 Å². The van der Waals surface area contributed by atoms with E-state index in [1.165, 1.54) is 37.7 Å². The second-order valence-electron chi connectivity index (χ2n) is 5.23. The molecule has 1 aliphatic rings. The standard InChI is InChI=1S/C16H25NO/c1-3-17-13(2)14-8-7-11-16(12-14)18-15-9-5-4-6-10-15/h7-8,11-13,15,17H,3-6,9-10H2,1-2H3. The summed E-state index contributed by atoms with van der Waals surface area (Å²) in [5, 5.41) is 3.44. The molecule has 0 radical (unpaired) electrons. The van der Waals surface area contributed by atoms with Gasteiger partial charge in [-0.2, -0.15) is 0 Å². The normalized spacial score (nSPS) is 18.6. The molecule has 0 spiro atoms.